The lowest BCUT2D eigenvalue weighted by Crippen LogP contribution is -2.34. The summed E-state index contributed by atoms with van der Waals surface area (Å²) in [6.45, 7) is 5.16. The molecule has 1 N–H and O–H groups in total. The standard InChI is InChI=1S/C7H17NO/c1-6(2)7(8-3)5-9-4/h6-8H,5H2,1-4H3. The highest BCUT2D eigenvalue weighted by molar-refractivity contribution is 4.66. The minimum Gasteiger partial charge on any atom is -0.383 e. The Bertz CT molecular complexity index is 63.9. The van der Waals surface area contributed by atoms with Crippen molar-refractivity contribution < 1.29 is 4.74 Å². The smallest absolute Gasteiger partial charge is 0.0618 e. The van der Waals surface area contributed by atoms with Crippen LogP contribution in [0.25, 0.3) is 0 Å². The highest BCUT2D eigenvalue weighted by Crippen LogP contribution is 1.99. The maximum Gasteiger partial charge on any atom is 0.0618 e. The Labute approximate surface area is 57.6 Å². The molecule has 0 aliphatic heterocycles. The van der Waals surface area contributed by atoms with Gasteiger partial charge in [-0.05, 0) is 13.0 Å². The summed E-state index contributed by atoms with van der Waals surface area (Å²) in [4.78, 5) is 0. The van der Waals surface area contributed by atoms with E-state index in [2.05, 4.69) is 19.2 Å². The molecule has 0 saturated heterocycles. The van der Waals surface area contributed by atoms with E-state index in [0.717, 1.165) is 6.61 Å². The zero-order valence-corrected chi connectivity index (χ0v) is 6.77. The third-order valence-electron chi connectivity index (χ3n) is 1.52. The average molecular weight is 131 g/mol. The van der Waals surface area contributed by atoms with Crippen molar-refractivity contribution in [3.05, 3.63) is 0 Å². The topological polar surface area (TPSA) is 21.3 Å². The number of likely N-dealkylation sites (N-methyl/N-ethyl adjacent to an activating group) is 1. The quantitative estimate of drug-likeness (QED) is 0.611. The minimum absolute atomic E-state index is 0.495. The second-order valence-electron chi connectivity index (χ2n) is 2.59. The third kappa shape index (κ3) is 3.49. The zero-order chi connectivity index (χ0) is 7.28. The monoisotopic (exact) mass is 131 g/mol. The molecule has 0 bridgehead atoms. The SMILES string of the molecule is CNC(COC)C(C)C. The van der Waals surface area contributed by atoms with E-state index in [-0.39, 0.29) is 0 Å². The summed E-state index contributed by atoms with van der Waals surface area (Å²) in [7, 11) is 3.69. The molecule has 0 radical (unpaired) electrons. The summed E-state index contributed by atoms with van der Waals surface area (Å²) in [6.07, 6.45) is 0. The van der Waals surface area contributed by atoms with E-state index in [0.29, 0.717) is 12.0 Å². The van der Waals surface area contributed by atoms with Crippen molar-refractivity contribution in [1.29, 1.82) is 0 Å². The van der Waals surface area contributed by atoms with Crippen LogP contribution in [0.15, 0.2) is 0 Å². The molecule has 0 rings (SSSR count). The lowest BCUT2D eigenvalue weighted by Gasteiger charge is -2.18. The van der Waals surface area contributed by atoms with E-state index in [1.54, 1.807) is 7.11 Å². The molecule has 0 aromatic heterocycles. The predicted octanol–water partition coefficient (Wildman–Crippen LogP) is 0.877. The first-order valence-corrected chi connectivity index (χ1v) is 3.38. The van der Waals surface area contributed by atoms with Crippen LogP contribution < -0.4 is 5.32 Å². The molecule has 0 spiro atoms. The van der Waals surface area contributed by atoms with Crippen LogP contribution in [0.1, 0.15) is 13.8 Å². The second kappa shape index (κ2) is 4.77. The van der Waals surface area contributed by atoms with E-state index in [9.17, 15) is 0 Å². The summed E-state index contributed by atoms with van der Waals surface area (Å²) >= 11 is 0. The van der Waals surface area contributed by atoms with Crippen LogP contribution in [0.3, 0.4) is 0 Å². The number of nitrogens with one attached hydrogen (secondary N) is 1. The molecule has 0 heterocycles. The lowest BCUT2D eigenvalue weighted by molar-refractivity contribution is 0.151. The van der Waals surface area contributed by atoms with Crippen LogP contribution in [-0.2, 0) is 4.74 Å². The maximum absolute atomic E-state index is 4.99. The summed E-state index contributed by atoms with van der Waals surface area (Å²) in [6, 6.07) is 0.495. The largest absolute Gasteiger partial charge is 0.383 e. The third-order valence-corrected chi connectivity index (χ3v) is 1.52. The lowest BCUT2D eigenvalue weighted by atomic mass is 10.1. The molecule has 2 heteroatoms. The Morgan fingerprint density at radius 2 is 2.00 bits per heavy atom. The predicted molar refractivity (Wildman–Crippen MR) is 39.6 cm³/mol. The molecule has 0 saturated carbocycles. The van der Waals surface area contributed by atoms with Gasteiger partial charge in [-0.2, -0.15) is 0 Å². The van der Waals surface area contributed by atoms with Crippen molar-refractivity contribution in [2.75, 3.05) is 20.8 Å². The van der Waals surface area contributed by atoms with Crippen LogP contribution in [-0.4, -0.2) is 26.8 Å². The van der Waals surface area contributed by atoms with Gasteiger partial charge in [0.1, 0.15) is 0 Å². The first-order chi connectivity index (χ1) is 4.22. The summed E-state index contributed by atoms with van der Waals surface area (Å²) in [5.41, 5.74) is 0. The van der Waals surface area contributed by atoms with Crippen molar-refractivity contribution in [1.82, 2.24) is 5.32 Å². The van der Waals surface area contributed by atoms with Crippen molar-refractivity contribution >= 4 is 0 Å². The molecule has 56 valence electrons. The van der Waals surface area contributed by atoms with Crippen LogP contribution in [0, 0.1) is 5.92 Å². The Morgan fingerprint density at radius 1 is 1.44 bits per heavy atom. The van der Waals surface area contributed by atoms with E-state index >= 15 is 0 Å². The number of hydrogen-bond donors (Lipinski definition) is 1. The van der Waals surface area contributed by atoms with Crippen molar-refractivity contribution in [3.63, 3.8) is 0 Å². The summed E-state index contributed by atoms with van der Waals surface area (Å²) in [5.74, 6) is 0.648. The highest BCUT2D eigenvalue weighted by atomic mass is 16.5. The Morgan fingerprint density at radius 3 is 2.11 bits per heavy atom. The molecule has 1 atom stereocenters. The van der Waals surface area contributed by atoms with Gasteiger partial charge in [0.25, 0.3) is 0 Å². The summed E-state index contributed by atoms with van der Waals surface area (Å²) in [5, 5.41) is 3.18. The van der Waals surface area contributed by atoms with Gasteiger partial charge in [0.2, 0.25) is 0 Å². The molecule has 0 amide bonds. The molecule has 2 nitrogen and oxygen atoms in total. The molecule has 1 unspecified atom stereocenters. The van der Waals surface area contributed by atoms with Crippen molar-refractivity contribution in [2.24, 2.45) is 5.92 Å². The van der Waals surface area contributed by atoms with Gasteiger partial charge in [0.05, 0.1) is 6.61 Å². The molecule has 0 aliphatic carbocycles. The molecule has 0 aromatic carbocycles. The van der Waals surface area contributed by atoms with Crippen LogP contribution in [0.5, 0.6) is 0 Å². The van der Waals surface area contributed by atoms with Crippen LogP contribution in [0.2, 0.25) is 0 Å². The highest BCUT2D eigenvalue weighted by Gasteiger charge is 2.08. The van der Waals surface area contributed by atoms with E-state index in [4.69, 9.17) is 4.74 Å². The average Bonchev–Trinajstić information content (AvgIpc) is 1.82. The fourth-order valence-electron chi connectivity index (χ4n) is 0.789. The summed E-state index contributed by atoms with van der Waals surface area (Å²) < 4.78 is 4.99. The zero-order valence-electron chi connectivity index (χ0n) is 6.77. The van der Waals surface area contributed by atoms with Gasteiger partial charge in [0, 0.05) is 13.2 Å². The number of hydrogen-bond acceptors (Lipinski definition) is 2. The first kappa shape index (κ1) is 8.92. The van der Waals surface area contributed by atoms with Gasteiger partial charge in [-0.15, -0.1) is 0 Å². The molecule has 0 aliphatic rings. The van der Waals surface area contributed by atoms with Gasteiger partial charge in [-0.1, -0.05) is 13.8 Å². The second-order valence-corrected chi connectivity index (χ2v) is 2.59. The number of rotatable bonds is 4. The molecular formula is C7H17NO. The number of methoxy groups -OCH3 is 1. The fraction of sp³-hybridized carbons (Fsp3) is 1.00. The van der Waals surface area contributed by atoms with Gasteiger partial charge < -0.3 is 10.1 Å². The number of ether oxygens (including phenoxy) is 1. The van der Waals surface area contributed by atoms with Crippen molar-refractivity contribution in [2.45, 2.75) is 19.9 Å². The molecule has 0 aromatic rings. The van der Waals surface area contributed by atoms with Gasteiger partial charge in [-0.25, -0.2) is 0 Å². The van der Waals surface area contributed by atoms with Crippen LogP contribution in [0.4, 0.5) is 0 Å². The van der Waals surface area contributed by atoms with E-state index in [1.165, 1.54) is 0 Å². The minimum atomic E-state index is 0.495. The Hall–Kier alpha value is -0.0800. The Kier molecular flexibility index (Phi) is 4.72. The van der Waals surface area contributed by atoms with E-state index < -0.39 is 0 Å². The van der Waals surface area contributed by atoms with Crippen LogP contribution >= 0.6 is 0 Å². The van der Waals surface area contributed by atoms with Gasteiger partial charge in [0.15, 0.2) is 0 Å². The molecule has 0 fully saturated rings. The van der Waals surface area contributed by atoms with Gasteiger partial charge >= 0.3 is 0 Å². The Balaban J connectivity index is 3.41. The normalized spacial score (nSPS) is 14.3. The maximum atomic E-state index is 4.99. The van der Waals surface area contributed by atoms with E-state index in [1.807, 2.05) is 7.05 Å². The molecule has 9 heavy (non-hydrogen) atoms. The molecular weight excluding hydrogens is 114 g/mol. The fourth-order valence-corrected chi connectivity index (χ4v) is 0.789. The van der Waals surface area contributed by atoms with Crippen molar-refractivity contribution in [3.8, 4) is 0 Å². The first-order valence-electron chi connectivity index (χ1n) is 3.38. The van der Waals surface area contributed by atoms with Gasteiger partial charge in [-0.3, -0.25) is 0 Å².